The highest BCUT2D eigenvalue weighted by atomic mass is 79.9. The predicted octanol–water partition coefficient (Wildman–Crippen LogP) is 4.42. The molecule has 1 aliphatic carbocycles. The second-order valence-electron chi connectivity index (χ2n) is 4.74. The molecule has 20 heavy (non-hydrogen) atoms. The Morgan fingerprint density at radius 3 is 2.60 bits per heavy atom. The highest BCUT2D eigenvalue weighted by Crippen LogP contribution is 2.40. The van der Waals surface area contributed by atoms with Gasteiger partial charge in [-0.3, -0.25) is 0 Å². The Kier molecular flexibility index (Phi) is 4.96. The van der Waals surface area contributed by atoms with Gasteiger partial charge in [0.2, 0.25) is 0 Å². The number of rotatable bonds is 5. The molecule has 112 valence electrons. The molecule has 0 aliphatic heterocycles. The third-order valence-corrected chi connectivity index (χ3v) is 4.06. The van der Waals surface area contributed by atoms with Crippen LogP contribution in [0.4, 0.5) is 13.2 Å². The molecule has 1 aromatic rings. The highest BCUT2D eigenvalue weighted by Gasteiger charge is 2.43. The molecule has 1 aromatic carbocycles. The minimum atomic E-state index is -4.41. The van der Waals surface area contributed by atoms with E-state index < -0.39 is 11.7 Å². The van der Waals surface area contributed by atoms with Crippen molar-refractivity contribution in [3.05, 3.63) is 29.8 Å². The highest BCUT2D eigenvalue weighted by molar-refractivity contribution is 9.09. The number of para-hydroxylation sites is 1. The van der Waals surface area contributed by atoms with Crippen LogP contribution in [0.2, 0.25) is 0 Å². The minimum Gasteiger partial charge on any atom is -0.487 e. The van der Waals surface area contributed by atoms with Crippen molar-refractivity contribution in [2.75, 3.05) is 6.61 Å². The second-order valence-corrected chi connectivity index (χ2v) is 5.91. The number of ether oxygens (including phenoxy) is 2. The Bertz CT molecular complexity index is 450. The SMILES string of the molecule is CCCOC1C(Br)CC1Oc1ccccc1C(F)(F)F. The first-order valence-electron chi connectivity index (χ1n) is 6.52. The molecular weight excluding hydrogens is 337 g/mol. The summed E-state index contributed by atoms with van der Waals surface area (Å²) >= 11 is 3.44. The molecule has 1 saturated carbocycles. The summed E-state index contributed by atoms with van der Waals surface area (Å²) in [5.74, 6) is -0.130. The maximum absolute atomic E-state index is 12.9. The molecule has 3 unspecified atom stereocenters. The van der Waals surface area contributed by atoms with Crippen molar-refractivity contribution in [3.63, 3.8) is 0 Å². The van der Waals surface area contributed by atoms with E-state index in [1.54, 1.807) is 0 Å². The van der Waals surface area contributed by atoms with E-state index in [1.165, 1.54) is 18.2 Å². The summed E-state index contributed by atoms with van der Waals surface area (Å²) in [4.78, 5) is 0.136. The lowest BCUT2D eigenvalue weighted by Gasteiger charge is -2.41. The average molecular weight is 353 g/mol. The summed E-state index contributed by atoms with van der Waals surface area (Å²) in [6.45, 7) is 2.56. The van der Waals surface area contributed by atoms with Crippen LogP contribution in [-0.4, -0.2) is 23.6 Å². The number of benzene rings is 1. The van der Waals surface area contributed by atoms with Crippen molar-refractivity contribution in [3.8, 4) is 5.75 Å². The van der Waals surface area contributed by atoms with E-state index in [2.05, 4.69) is 15.9 Å². The first kappa shape index (κ1) is 15.6. The lowest BCUT2D eigenvalue weighted by Crippen LogP contribution is -2.52. The summed E-state index contributed by atoms with van der Waals surface area (Å²) in [6, 6.07) is 5.27. The molecule has 3 atom stereocenters. The number of hydrogen-bond donors (Lipinski definition) is 0. The molecule has 1 aliphatic rings. The van der Waals surface area contributed by atoms with Gasteiger partial charge in [0.25, 0.3) is 0 Å². The first-order valence-corrected chi connectivity index (χ1v) is 7.43. The largest absolute Gasteiger partial charge is 0.487 e. The lowest BCUT2D eigenvalue weighted by molar-refractivity contribution is -0.141. The van der Waals surface area contributed by atoms with Crippen molar-refractivity contribution >= 4 is 15.9 Å². The van der Waals surface area contributed by atoms with E-state index in [-0.39, 0.29) is 22.8 Å². The monoisotopic (exact) mass is 352 g/mol. The van der Waals surface area contributed by atoms with E-state index in [1.807, 2.05) is 6.92 Å². The van der Waals surface area contributed by atoms with E-state index in [9.17, 15) is 13.2 Å². The summed E-state index contributed by atoms with van der Waals surface area (Å²) in [7, 11) is 0. The van der Waals surface area contributed by atoms with Gasteiger partial charge >= 0.3 is 6.18 Å². The minimum absolute atomic E-state index is 0.130. The van der Waals surface area contributed by atoms with Crippen molar-refractivity contribution < 1.29 is 22.6 Å². The van der Waals surface area contributed by atoms with Crippen LogP contribution >= 0.6 is 15.9 Å². The Labute approximate surface area is 124 Å². The standard InChI is InChI=1S/C14H16BrF3O2/c1-2-7-19-13-10(15)8-12(13)20-11-6-4-3-5-9(11)14(16,17)18/h3-6,10,12-13H,2,7-8H2,1H3. The van der Waals surface area contributed by atoms with Gasteiger partial charge in [-0.05, 0) is 18.6 Å². The molecule has 0 radical (unpaired) electrons. The van der Waals surface area contributed by atoms with Gasteiger partial charge in [0.1, 0.15) is 18.0 Å². The molecule has 0 spiro atoms. The average Bonchev–Trinajstić information content (AvgIpc) is 2.38. The van der Waals surface area contributed by atoms with Gasteiger partial charge in [0.15, 0.2) is 0 Å². The van der Waals surface area contributed by atoms with Gasteiger partial charge in [0.05, 0.1) is 5.56 Å². The topological polar surface area (TPSA) is 18.5 Å². The number of alkyl halides is 4. The molecule has 1 fully saturated rings. The fraction of sp³-hybridized carbons (Fsp3) is 0.571. The summed E-state index contributed by atoms with van der Waals surface area (Å²) < 4.78 is 49.7. The van der Waals surface area contributed by atoms with Crippen LogP contribution < -0.4 is 4.74 Å². The van der Waals surface area contributed by atoms with Gasteiger partial charge in [-0.2, -0.15) is 13.2 Å². The van der Waals surface area contributed by atoms with Gasteiger partial charge in [0, 0.05) is 17.9 Å². The van der Waals surface area contributed by atoms with Crippen LogP contribution in [0.3, 0.4) is 0 Å². The van der Waals surface area contributed by atoms with Crippen LogP contribution in [0.1, 0.15) is 25.3 Å². The maximum atomic E-state index is 12.9. The molecule has 0 aromatic heterocycles. The zero-order valence-corrected chi connectivity index (χ0v) is 12.6. The van der Waals surface area contributed by atoms with Gasteiger partial charge < -0.3 is 9.47 Å². The van der Waals surface area contributed by atoms with Gasteiger partial charge in [-0.15, -0.1) is 0 Å². The van der Waals surface area contributed by atoms with E-state index in [0.717, 1.165) is 12.5 Å². The first-order chi connectivity index (χ1) is 9.43. The zero-order valence-electron chi connectivity index (χ0n) is 11.0. The second kappa shape index (κ2) is 6.35. The number of halogens is 4. The van der Waals surface area contributed by atoms with Crippen LogP contribution in [0.15, 0.2) is 24.3 Å². The molecule has 6 heteroatoms. The Hall–Kier alpha value is -0.750. The Morgan fingerprint density at radius 1 is 1.30 bits per heavy atom. The number of hydrogen-bond acceptors (Lipinski definition) is 2. The van der Waals surface area contributed by atoms with Crippen molar-refractivity contribution in [1.29, 1.82) is 0 Å². The van der Waals surface area contributed by atoms with Crippen LogP contribution in [-0.2, 0) is 10.9 Å². The van der Waals surface area contributed by atoms with Crippen molar-refractivity contribution in [1.82, 2.24) is 0 Å². The smallest absolute Gasteiger partial charge is 0.419 e. The fourth-order valence-corrected chi connectivity index (χ4v) is 2.94. The van der Waals surface area contributed by atoms with E-state index >= 15 is 0 Å². The Morgan fingerprint density at radius 2 is 2.00 bits per heavy atom. The summed E-state index contributed by atoms with van der Waals surface area (Å²) in [5.41, 5.74) is -0.743. The van der Waals surface area contributed by atoms with E-state index in [0.29, 0.717) is 13.0 Å². The summed E-state index contributed by atoms with van der Waals surface area (Å²) in [6.07, 6.45) is -3.44. The maximum Gasteiger partial charge on any atom is 0.419 e. The predicted molar refractivity (Wildman–Crippen MR) is 73.2 cm³/mol. The van der Waals surface area contributed by atoms with Crippen molar-refractivity contribution in [2.24, 2.45) is 0 Å². The van der Waals surface area contributed by atoms with E-state index in [4.69, 9.17) is 9.47 Å². The van der Waals surface area contributed by atoms with Crippen LogP contribution in [0.5, 0.6) is 5.75 Å². The molecule has 0 saturated heterocycles. The molecule has 2 rings (SSSR count). The van der Waals surface area contributed by atoms with Gasteiger partial charge in [-0.25, -0.2) is 0 Å². The lowest BCUT2D eigenvalue weighted by atomic mass is 9.91. The Balaban J connectivity index is 2.07. The van der Waals surface area contributed by atoms with Gasteiger partial charge in [-0.1, -0.05) is 35.0 Å². The zero-order chi connectivity index (χ0) is 14.8. The third kappa shape index (κ3) is 3.47. The fourth-order valence-electron chi connectivity index (χ4n) is 2.07. The normalized spacial score (nSPS) is 26.1. The molecule has 0 bridgehead atoms. The molecule has 0 heterocycles. The van der Waals surface area contributed by atoms with Crippen LogP contribution in [0.25, 0.3) is 0 Å². The molecular formula is C14H16BrF3O2. The molecule has 0 amide bonds. The molecule has 0 N–H and O–H groups in total. The summed E-state index contributed by atoms with van der Waals surface area (Å²) in [5, 5.41) is 0. The van der Waals surface area contributed by atoms with Crippen LogP contribution in [0, 0.1) is 0 Å². The molecule has 2 nitrogen and oxygen atoms in total. The third-order valence-electron chi connectivity index (χ3n) is 3.17. The van der Waals surface area contributed by atoms with Crippen molar-refractivity contribution in [2.45, 2.75) is 43.0 Å². The quantitative estimate of drug-likeness (QED) is 0.730.